The van der Waals surface area contributed by atoms with E-state index in [2.05, 4.69) is 26.8 Å². The lowest BCUT2D eigenvalue weighted by atomic mass is 9.67. The fourth-order valence-electron chi connectivity index (χ4n) is 2.32. The van der Waals surface area contributed by atoms with Crippen LogP contribution in [0.5, 0.6) is 0 Å². The van der Waals surface area contributed by atoms with Crippen LogP contribution in [0.4, 0.5) is 0 Å². The second kappa shape index (κ2) is 3.47. The first-order valence-corrected chi connectivity index (χ1v) is 4.95. The van der Waals surface area contributed by atoms with E-state index in [4.69, 9.17) is 5.26 Å². The van der Waals surface area contributed by atoms with Gasteiger partial charge in [0.1, 0.15) is 0 Å². The SMILES string of the molecule is CC(C)(C)C1CCCCC1C#N. The average Bonchev–Trinajstić information content (AvgIpc) is 2.03. The predicted octanol–water partition coefficient (Wildman–Crippen LogP) is 3.36. The van der Waals surface area contributed by atoms with Gasteiger partial charge in [-0.2, -0.15) is 5.26 Å². The van der Waals surface area contributed by atoms with Crippen molar-refractivity contribution >= 4 is 0 Å². The summed E-state index contributed by atoms with van der Waals surface area (Å²) >= 11 is 0. The summed E-state index contributed by atoms with van der Waals surface area (Å²) in [6.45, 7) is 6.77. The summed E-state index contributed by atoms with van der Waals surface area (Å²) in [4.78, 5) is 0. The van der Waals surface area contributed by atoms with Gasteiger partial charge in [-0.3, -0.25) is 0 Å². The lowest BCUT2D eigenvalue weighted by molar-refractivity contribution is 0.139. The van der Waals surface area contributed by atoms with Gasteiger partial charge in [-0.1, -0.05) is 33.6 Å². The quantitative estimate of drug-likeness (QED) is 0.540. The molecule has 1 rings (SSSR count). The first-order valence-electron chi connectivity index (χ1n) is 4.95. The normalized spacial score (nSPS) is 31.2. The van der Waals surface area contributed by atoms with Gasteiger partial charge >= 0.3 is 0 Å². The minimum Gasteiger partial charge on any atom is -0.198 e. The Morgan fingerprint density at radius 2 is 1.75 bits per heavy atom. The van der Waals surface area contributed by atoms with Gasteiger partial charge in [-0.25, -0.2) is 0 Å². The summed E-state index contributed by atoms with van der Waals surface area (Å²) in [5.74, 6) is 0.940. The van der Waals surface area contributed by atoms with Crippen molar-refractivity contribution in [2.45, 2.75) is 46.5 Å². The molecule has 0 heterocycles. The summed E-state index contributed by atoms with van der Waals surface area (Å²) < 4.78 is 0. The lowest BCUT2D eigenvalue weighted by Crippen LogP contribution is -2.30. The molecular formula is C11H19N. The van der Waals surface area contributed by atoms with E-state index in [0.29, 0.717) is 17.3 Å². The van der Waals surface area contributed by atoms with Gasteiger partial charge in [0.15, 0.2) is 0 Å². The van der Waals surface area contributed by atoms with E-state index in [1.54, 1.807) is 0 Å². The van der Waals surface area contributed by atoms with Crippen LogP contribution in [0.2, 0.25) is 0 Å². The Morgan fingerprint density at radius 1 is 1.17 bits per heavy atom. The molecule has 0 radical (unpaired) electrons. The van der Waals surface area contributed by atoms with Crippen molar-refractivity contribution in [1.82, 2.24) is 0 Å². The van der Waals surface area contributed by atoms with Gasteiger partial charge in [-0.05, 0) is 24.2 Å². The maximum atomic E-state index is 8.97. The van der Waals surface area contributed by atoms with Crippen LogP contribution in [0.1, 0.15) is 46.5 Å². The van der Waals surface area contributed by atoms with E-state index in [9.17, 15) is 0 Å². The number of hydrogen-bond donors (Lipinski definition) is 0. The molecule has 0 aromatic rings. The Balaban J connectivity index is 2.67. The first-order chi connectivity index (χ1) is 5.55. The molecule has 0 saturated heterocycles. The molecule has 68 valence electrons. The molecule has 1 nitrogen and oxygen atoms in total. The van der Waals surface area contributed by atoms with E-state index in [0.717, 1.165) is 6.42 Å². The van der Waals surface area contributed by atoms with Crippen LogP contribution < -0.4 is 0 Å². The Hall–Kier alpha value is -0.510. The monoisotopic (exact) mass is 165 g/mol. The standard InChI is InChI=1S/C11H19N/c1-11(2,3)10-7-5-4-6-9(10)8-12/h9-10H,4-7H2,1-3H3. The van der Waals surface area contributed by atoms with Crippen molar-refractivity contribution in [2.24, 2.45) is 17.3 Å². The number of hydrogen-bond acceptors (Lipinski definition) is 1. The van der Waals surface area contributed by atoms with Crippen LogP contribution in [0.25, 0.3) is 0 Å². The molecule has 0 aliphatic heterocycles. The van der Waals surface area contributed by atoms with Gasteiger partial charge in [0.2, 0.25) is 0 Å². The van der Waals surface area contributed by atoms with Crippen molar-refractivity contribution in [3.63, 3.8) is 0 Å². The highest BCUT2D eigenvalue weighted by atomic mass is 14.4. The van der Waals surface area contributed by atoms with Gasteiger partial charge in [-0.15, -0.1) is 0 Å². The zero-order valence-corrected chi connectivity index (χ0v) is 8.43. The van der Waals surface area contributed by atoms with Crippen molar-refractivity contribution in [3.05, 3.63) is 0 Å². The molecule has 2 unspecified atom stereocenters. The third kappa shape index (κ3) is 2.00. The molecule has 1 aliphatic carbocycles. The molecule has 1 aliphatic rings. The maximum Gasteiger partial charge on any atom is 0.0658 e. The number of rotatable bonds is 0. The highest BCUT2D eigenvalue weighted by Crippen LogP contribution is 2.41. The Labute approximate surface area is 75.8 Å². The molecule has 0 amide bonds. The Kier molecular flexibility index (Phi) is 2.77. The fourth-order valence-corrected chi connectivity index (χ4v) is 2.32. The highest BCUT2D eigenvalue weighted by Gasteiger charge is 2.33. The van der Waals surface area contributed by atoms with Crippen molar-refractivity contribution < 1.29 is 0 Å². The van der Waals surface area contributed by atoms with Gasteiger partial charge in [0.05, 0.1) is 6.07 Å². The molecule has 1 saturated carbocycles. The van der Waals surface area contributed by atoms with E-state index in [-0.39, 0.29) is 0 Å². The topological polar surface area (TPSA) is 23.8 Å². The summed E-state index contributed by atoms with van der Waals surface area (Å²) in [5, 5.41) is 8.97. The van der Waals surface area contributed by atoms with Gasteiger partial charge in [0, 0.05) is 5.92 Å². The van der Waals surface area contributed by atoms with Crippen molar-refractivity contribution in [1.29, 1.82) is 5.26 Å². The minimum absolute atomic E-state index is 0.318. The second-order valence-corrected chi connectivity index (χ2v) is 4.99. The molecule has 2 atom stereocenters. The average molecular weight is 165 g/mol. The predicted molar refractivity (Wildman–Crippen MR) is 50.5 cm³/mol. The molecule has 12 heavy (non-hydrogen) atoms. The van der Waals surface area contributed by atoms with Crippen LogP contribution in [0.3, 0.4) is 0 Å². The maximum absolute atomic E-state index is 8.97. The van der Waals surface area contributed by atoms with Gasteiger partial charge < -0.3 is 0 Å². The zero-order valence-electron chi connectivity index (χ0n) is 8.43. The molecule has 1 fully saturated rings. The highest BCUT2D eigenvalue weighted by molar-refractivity contribution is 4.94. The Bertz CT molecular complexity index is 182. The lowest BCUT2D eigenvalue weighted by Gasteiger charge is -2.37. The fraction of sp³-hybridized carbons (Fsp3) is 0.909. The zero-order chi connectivity index (χ0) is 9.19. The summed E-state index contributed by atoms with van der Waals surface area (Å²) in [6, 6.07) is 2.46. The van der Waals surface area contributed by atoms with E-state index in [1.165, 1.54) is 19.3 Å². The largest absolute Gasteiger partial charge is 0.198 e. The van der Waals surface area contributed by atoms with Crippen LogP contribution in [-0.4, -0.2) is 0 Å². The molecule has 0 spiro atoms. The van der Waals surface area contributed by atoms with Crippen molar-refractivity contribution in [3.8, 4) is 6.07 Å². The number of nitrogens with zero attached hydrogens (tertiary/aromatic N) is 1. The molecular weight excluding hydrogens is 146 g/mol. The van der Waals surface area contributed by atoms with Crippen LogP contribution >= 0.6 is 0 Å². The molecule has 1 heteroatoms. The van der Waals surface area contributed by atoms with Crippen LogP contribution in [0, 0.1) is 28.6 Å². The third-order valence-electron chi connectivity index (χ3n) is 3.04. The van der Waals surface area contributed by atoms with Crippen LogP contribution in [-0.2, 0) is 0 Å². The van der Waals surface area contributed by atoms with E-state index < -0.39 is 0 Å². The molecule has 0 aromatic heterocycles. The minimum atomic E-state index is 0.318. The summed E-state index contributed by atoms with van der Waals surface area (Å²) in [7, 11) is 0. The second-order valence-electron chi connectivity index (χ2n) is 4.99. The molecule has 0 N–H and O–H groups in total. The molecule has 0 aromatic carbocycles. The summed E-state index contributed by atoms with van der Waals surface area (Å²) in [5.41, 5.74) is 0.320. The smallest absolute Gasteiger partial charge is 0.0658 e. The summed E-state index contributed by atoms with van der Waals surface area (Å²) in [6.07, 6.45) is 4.95. The molecule has 0 bridgehead atoms. The number of nitriles is 1. The Morgan fingerprint density at radius 3 is 2.17 bits per heavy atom. The van der Waals surface area contributed by atoms with Gasteiger partial charge in [0.25, 0.3) is 0 Å². The van der Waals surface area contributed by atoms with Crippen LogP contribution in [0.15, 0.2) is 0 Å². The van der Waals surface area contributed by atoms with Crippen molar-refractivity contribution in [2.75, 3.05) is 0 Å². The first kappa shape index (κ1) is 9.58. The third-order valence-corrected chi connectivity index (χ3v) is 3.04. The van der Waals surface area contributed by atoms with E-state index in [1.807, 2.05) is 0 Å². The van der Waals surface area contributed by atoms with E-state index >= 15 is 0 Å².